The minimum Gasteiger partial charge on any atom is -0.346 e. The number of nitrogens with zero attached hydrogens (tertiary/aromatic N) is 4. The molecule has 0 aliphatic carbocycles. The number of carbonyl (C=O) groups is 1. The van der Waals surface area contributed by atoms with Crippen molar-refractivity contribution in [3.05, 3.63) is 54.2 Å². The van der Waals surface area contributed by atoms with Crippen LogP contribution in [0.15, 0.2) is 42.7 Å². The third-order valence-corrected chi connectivity index (χ3v) is 3.94. The van der Waals surface area contributed by atoms with E-state index in [1.807, 2.05) is 13.8 Å². The number of hydrogen-bond acceptors (Lipinski definition) is 4. The van der Waals surface area contributed by atoms with Gasteiger partial charge in [-0.15, -0.1) is 5.10 Å². The van der Waals surface area contributed by atoms with Crippen LogP contribution in [0.4, 0.5) is 4.39 Å². The van der Waals surface area contributed by atoms with Gasteiger partial charge in [-0.05, 0) is 36.2 Å². The van der Waals surface area contributed by atoms with Gasteiger partial charge in [-0.2, -0.15) is 5.10 Å². The molecule has 3 rings (SSSR count). The molecule has 25 heavy (non-hydrogen) atoms. The zero-order valence-corrected chi connectivity index (χ0v) is 14.0. The first-order valence-corrected chi connectivity index (χ1v) is 7.99. The number of aromatic nitrogens is 5. The second-order valence-corrected chi connectivity index (χ2v) is 6.12. The zero-order chi connectivity index (χ0) is 17.8. The molecule has 0 fully saturated rings. The van der Waals surface area contributed by atoms with E-state index in [1.165, 1.54) is 12.1 Å². The van der Waals surface area contributed by atoms with Crippen LogP contribution in [0.2, 0.25) is 0 Å². The van der Waals surface area contributed by atoms with E-state index < -0.39 is 0 Å². The van der Waals surface area contributed by atoms with Crippen LogP contribution in [0, 0.1) is 11.7 Å². The first kappa shape index (κ1) is 16.8. The minimum absolute atomic E-state index is 0.105. The Morgan fingerprint density at radius 2 is 2.08 bits per heavy atom. The molecule has 0 bridgehead atoms. The van der Waals surface area contributed by atoms with Crippen molar-refractivity contribution < 1.29 is 9.18 Å². The molecule has 130 valence electrons. The number of benzene rings is 1. The van der Waals surface area contributed by atoms with E-state index in [2.05, 4.69) is 25.8 Å². The van der Waals surface area contributed by atoms with E-state index in [-0.39, 0.29) is 23.7 Å². The van der Waals surface area contributed by atoms with Crippen LogP contribution in [-0.4, -0.2) is 37.1 Å². The maximum atomic E-state index is 13.0. The zero-order valence-electron chi connectivity index (χ0n) is 14.0. The van der Waals surface area contributed by atoms with E-state index >= 15 is 0 Å². The molecule has 1 atom stereocenters. The standard InChI is InChI=1S/C17H19FN6O/c1-11(2)16(10-24-8-7-19-23-24)20-17(25)15-9-14(21-22-15)12-3-5-13(18)6-4-12/h3-9,11,16H,10H2,1-2H3,(H,20,25)(H,21,22)/t16-/m1/s1. The molecule has 3 aromatic rings. The number of H-pyrrole nitrogens is 1. The fraction of sp³-hybridized carbons (Fsp3) is 0.294. The Morgan fingerprint density at radius 3 is 2.72 bits per heavy atom. The van der Waals surface area contributed by atoms with E-state index in [4.69, 9.17) is 0 Å². The Kier molecular flexibility index (Phi) is 4.87. The summed E-state index contributed by atoms with van der Waals surface area (Å²) in [6.45, 7) is 4.58. The van der Waals surface area contributed by atoms with Crippen molar-refractivity contribution in [2.75, 3.05) is 0 Å². The van der Waals surface area contributed by atoms with E-state index in [1.54, 1.807) is 35.3 Å². The highest BCUT2D eigenvalue weighted by Crippen LogP contribution is 2.18. The summed E-state index contributed by atoms with van der Waals surface area (Å²) in [4.78, 5) is 12.5. The third kappa shape index (κ3) is 4.09. The summed E-state index contributed by atoms with van der Waals surface area (Å²) in [6.07, 6.45) is 3.35. The number of rotatable bonds is 6. The topological polar surface area (TPSA) is 88.5 Å². The van der Waals surface area contributed by atoms with Crippen LogP contribution in [-0.2, 0) is 6.54 Å². The summed E-state index contributed by atoms with van der Waals surface area (Å²) >= 11 is 0. The molecular formula is C17H19FN6O. The quantitative estimate of drug-likeness (QED) is 0.719. The van der Waals surface area contributed by atoms with E-state index in [0.717, 1.165) is 5.56 Å². The van der Waals surface area contributed by atoms with Crippen LogP contribution >= 0.6 is 0 Å². The maximum absolute atomic E-state index is 13.0. The van der Waals surface area contributed by atoms with Gasteiger partial charge in [0.25, 0.3) is 5.91 Å². The average molecular weight is 342 g/mol. The predicted octanol–water partition coefficient (Wildman–Crippen LogP) is 2.26. The molecule has 0 aliphatic heterocycles. The average Bonchev–Trinajstić information content (AvgIpc) is 3.26. The first-order chi connectivity index (χ1) is 12.0. The molecule has 0 unspecified atom stereocenters. The molecule has 8 heteroatoms. The van der Waals surface area contributed by atoms with Crippen molar-refractivity contribution >= 4 is 5.91 Å². The number of carbonyl (C=O) groups excluding carboxylic acids is 1. The summed E-state index contributed by atoms with van der Waals surface area (Å²) < 4.78 is 14.7. The number of amides is 1. The van der Waals surface area contributed by atoms with Crippen LogP contribution in [0.25, 0.3) is 11.3 Å². The van der Waals surface area contributed by atoms with Gasteiger partial charge in [-0.25, -0.2) is 4.39 Å². The Morgan fingerprint density at radius 1 is 1.32 bits per heavy atom. The van der Waals surface area contributed by atoms with Crippen molar-refractivity contribution in [3.63, 3.8) is 0 Å². The lowest BCUT2D eigenvalue weighted by Crippen LogP contribution is -2.41. The Hall–Kier alpha value is -3.03. The predicted molar refractivity (Wildman–Crippen MR) is 90.1 cm³/mol. The molecule has 0 spiro atoms. The molecule has 1 aromatic carbocycles. The van der Waals surface area contributed by atoms with Gasteiger partial charge >= 0.3 is 0 Å². The van der Waals surface area contributed by atoms with Gasteiger partial charge in [0, 0.05) is 11.8 Å². The van der Waals surface area contributed by atoms with Gasteiger partial charge in [0.2, 0.25) is 0 Å². The lowest BCUT2D eigenvalue weighted by atomic mass is 10.0. The van der Waals surface area contributed by atoms with E-state index in [0.29, 0.717) is 17.9 Å². The minimum atomic E-state index is -0.315. The largest absolute Gasteiger partial charge is 0.346 e. The van der Waals surface area contributed by atoms with Crippen LogP contribution in [0.5, 0.6) is 0 Å². The monoisotopic (exact) mass is 342 g/mol. The molecule has 2 N–H and O–H groups in total. The highest BCUT2D eigenvalue weighted by Gasteiger charge is 2.19. The summed E-state index contributed by atoms with van der Waals surface area (Å²) in [5.74, 6) is -0.350. The Labute approximate surface area is 144 Å². The lowest BCUT2D eigenvalue weighted by molar-refractivity contribution is 0.0914. The third-order valence-electron chi connectivity index (χ3n) is 3.94. The Bertz CT molecular complexity index is 825. The molecule has 2 heterocycles. The molecule has 7 nitrogen and oxygen atoms in total. The SMILES string of the molecule is CC(C)[C@@H](Cn1ccnn1)NC(=O)c1cc(-c2ccc(F)cc2)n[nH]1. The molecular weight excluding hydrogens is 323 g/mol. The van der Waals surface area contributed by atoms with Gasteiger partial charge < -0.3 is 5.32 Å². The van der Waals surface area contributed by atoms with Crippen molar-refractivity contribution in [3.8, 4) is 11.3 Å². The van der Waals surface area contributed by atoms with E-state index in [9.17, 15) is 9.18 Å². The normalized spacial score (nSPS) is 12.3. The number of halogens is 1. The van der Waals surface area contributed by atoms with Crippen LogP contribution < -0.4 is 5.32 Å². The Balaban J connectivity index is 1.70. The first-order valence-electron chi connectivity index (χ1n) is 7.99. The highest BCUT2D eigenvalue weighted by atomic mass is 19.1. The fourth-order valence-electron chi connectivity index (χ4n) is 2.41. The molecule has 0 saturated carbocycles. The van der Waals surface area contributed by atoms with Gasteiger partial charge in [-0.3, -0.25) is 14.6 Å². The summed E-state index contributed by atoms with van der Waals surface area (Å²) in [5.41, 5.74) is 1.67. The van der Waals surface area contributed by atoms with Gasteiger partial charge in [-0.1, -0.05) is 19.1 Å². The van der Waals surface area contributed by atoms with Crippen molar-refractivity contribution in [1.29, 1.82) is 0 Å². The second-order valence-electron chi connectivity index (χ2n) is 6.12. The van der Waals surface area contributed by atoms with Crippen molar-refractivity contribution in [1.82, 2.24) is 30.5 Å². The molecule has 0 aliphatic rings. The summed E-state index contributed by atoms with van der Waals surface area (Å²) in [6, 6.07) is 7.50. The van der Waals surface area contributed by atoms with Crippen molar-refractivity contribution in [2.24, 2.45) is 5.92 Å². The number of nitrogens with one attached hydrogen (secondary N) is 2. The molecule has 1 amide bonds. The molecule has 2 aromatic heterocycles. The lowest BCUT2D eigenvalue weighted by Gasteiger charge is -2.21. The summed E-state index contributed by atoms with van der Waals surface area (Å²) in [5, 5.41) is 17.6. The van der Waals surface area contributed by atoms with Gasteiger partial charge in [0.05, 0.1) is 24.5 Å². The second kappa shape index (κ2) is 7.25. The van der Waals surface area contributed by atoms with Crippen LogP contribution in [0.1, 0.15) is 24.3 Å². The van der Waals surface area contributed by atoms with Crippen molar-refractivity contribution in [2.45, 2.75) is 26.4 Å². The number of aromatic amines is 1. The maximum Gasteiger partial charge on any atom is 0.269 e. The highest BCUT2D eigenvalue weighted by molar-refractivity contribution is 5.93. The summed E-state index contributed by atoms with van der Waals surface area (Å²) in [7, 11) is 0. The van der Waals surface area contributed by atoms with Gasteiger partial charge in [0.1, 0.15) is 11.5 Å². The fourth-order valence-corrected chi connectivity index (χ4v) is 2.41. The van der Waals surface area contributed by atoms with Gasteiger partial charge in [0.15, 0.2) is 0 Å². The smallest absolute Gasteiger partial charge is 0.269 e. The van der Waals surface area contributed by atoms with Crippen LogP contribution in [0.3, 0.4) is 0 Å². The molecule has 0 saturated heterocycles. The number of hydrogen-bond donors (Lipinski definition) is 2. The molecule has 0 radical (unpaired) electrons.